The van der Waals surface area contributed by atoms with E-state index >= 15 is 0 Å². The molecule has 0 bridgehead atoms. The largest absolute Gasteiger partial charge is 0.497 e. The van der Waals surface area contributed by atoms with Gasteiger partial charge < -0.3 is 9.47 Å². The number of methoxy groups -OCH3 is 1. The Balaban J connectivity index is 1.72. The highest BCUT2D eigenvalue weighted by molar-refractivity contribution is 6.35. The number of carbonyl (C=O) groups is 2. The van der Waals surface area contributed by atoms with E-state index in [4.69, 9.17) is 21.1 Å². The molecule has 0 saturated heterocycles. The van der Waals surface area contributed by atoms with Crippen LogP contribution in [0.5, 0.6) is 5.75 Å². The molecule has 0 radical (unpaired) electrons. The maximum absolute atomic E-state index is 13.1. The zero-order chi connectivity index (χ0) is 22.7. The summed E-state index contributed by atoms with van der Waals surface area (Å²) in [5, 5.41) is 0.972. The molecule has 0 saturated carbocycles. The molecular formula is C26H20ClNO4. The van der Waals surface area contributed by atoms with Gasteiger partial charge in [-0.2, -0.15) is 0 Å². The molecule has 4 rings (SSSR count). The zero-order valence-electron chi connectivity index (χ0n) is 17.5. The number of Topliss-reactive ketones (excluding diaryl/α,β-unsaturated/α-hetero) is 1. The molecule has 0 aliphatic heterocycles. The molecule has 0 unspecified atom stereocenters. The van der Waals surface area contributed by atoms with Crippen LogP contribution in [-0.2, 0) is 4.74 Å². The molecule has 5 nitrogen and oxygen atoms in total. The fraction of sp³-hybridized carbons (Fsp3) is 0.115. The van der Waals surface area contributed by atoms with E-state index in [9.17, 15) is 9.59 Å². The lowest BCUT2D eigenvalue weighted by Crippen LogP contribution is -2.24. The van der Waals surface area contributed by atoms with Crippen molar-refractivity contribution in [1.82, 2.24) is 4.98 Å². The van der Waals surface area contributed by atoms with E-state index in [0.717, 1.165) is 5.56 Å². The first kappa shape index (κ1) is 21.5. The zero-order valence-corrected chi connectivity index (χ0v) is 18.3. The predicted molar refractivity (Wildman–Crippen MR) is 124 cm³/mol. The van der Waals surface area contributed by atoms with Crippen LogP contribution in [0.15, 0.2) is 78.9 Å². The fourth-order valence-corrected chi connectivity index (χ4v) is 3.62. The van der Waals surface area contributed by atoms with Gasteiger partial charge in [-0.15, -0.1) is 0 Å². The molecule has 4 aromatic rings. The summed E-state index contributed by atoms with van der Waals surface area (Å²) in [7, 11) is 1.59. The lowest BCUT2D eigenvalue weighted by molar-refractivity contribution is 0.0320. The van der Waals surface area contributed by atoms with Crippen LogP contribution in [-0.4, -0.2) is 30.0 Å². The van der Waals surface area contributed by atoms with E-state index in [-0.39, 0.29) is 11.3 Å². The van der Waals surface area contributed by atoms with Crippen molar-refractivity contribution in [2.75, 3.05) is 7.11 Å². The third-order valence-electron chi connectivity index (χ3n) is 5.11. The lowest BCUT2D eigenvalue weighted by Gasteiger charge is -2.15. The third-order valence-corrected chi connectivity index (χ3v) is 5.41. The van der Waals surface area contributed by atoms with E-state index in [2.05, 4.69) is 4.98 Å². The van der Waals surface area contributed by atoms with Gasteiger partial charge >= 0.3 is 5.97 Å². The van der Waals surface area contributed by atoms with Crippen LogP contribution >= 0.6 is 11.6 Å². The Labute approximate surface area is 190 Å². The molecule has 32 heavy (non-hydrogen) atoms. The first-order valence-corrected chi connectivity index (χ1v) is 10.4. The van der Waals surface area contributed by atoms with Crippen molar-refractivity contribution < 1.29 is 19.1 Å². The molecule has 0 spiro atoms. The maximum Gasteiger partial charge on any atom is 0.339 e. The van der Waals surface area contributed by atoms with Gasteiger partial charge in [-0.25, -0.2) is 9.78 Å². The van der Waals surface area contributed by atoms with Gasteiger partial charge in [0.15, 0.2) is 6.10 Å². The summed E-state index contributed by atoms with van der Waals surface area (Å²) in [5.41, 5.74) is 2.60. The molecule has 1 heterocycles. The molecule has 0 aliphatic rings. The minimum absolute atomic E-state index is 0.272. The third kappa shape index (κ3) is 4.34. The molecular weight excluding hydrogens is 426 g/mol. The molecule has 1 atom stereocenters. The monoisotopic (exact) mass is 445 g/mol. The van der Waals surface area contributed by atoms with E-state index < -0.39 is 12.1 Å². The minimum Gasteiger partial charge on any atom is -0.497 e. The summed E-state index contributed by atoms with van der Waals surface area (Å²) >= 11 is 6.39. The average Bonchev–Trinajstić information content (AvgIpc) is 2.83. The lowest BCUT2D eigenvalue weighted by atomic mass is 10.0. The second-order valence-electron chi connectivity index (χ2n) is 7.20. The average molecular weight is 446 g/mol. The van der Waals surface area contributed by atoms with E-state index in [1.807, 2.05) is 30.3 Å². The number of hydrogen-bond donors (Lipinski definition) is 0. The Hall–Kier alpha value is -3.70. The first-order valence-electron chi connectivity index (χ1n) is 10.0. The summed E-state index contributed by atoms with van der Waals surface area (Å²) in [6.45, 7) is 1.56. The van der Waals surface area contributed by atoms with Crippen LogP contribution in [0.2, 0.25) is 5.02 Å². The van der Waals surface area contributed by atoms with Gasteiger partial charge in [-0.05, 0) is 43.3 Å². The van der Waals surface area contributed by atoms with Gasteiger partial charge in [-0.3, -0.25) is 4.79 Å². The van der Waals surface area contributed by atoms with E-state index in [1.54, 1.807) is 62.6 Å². The number of esters is 1. The second-order valence-corrected chi connectivity index (χ2v) is 7.60. The highest BCUT2D eigenvalue weighted by Crippen LogP contribution is 2.30. The summed E-state index contributed by atoms with van der Waals surface area (Å²) < 4.78 is 10.8. The van der Waals surface area contributed by atoms with Crippen LogP contribution < -0.4 is 4.74 Å². The number of rotatable bonds is 6. The number of benzene rings is 3. The standard InChI is InChI=1S/C26H20ClNO4/c1-16(25(29)18-7-4-3-5-8-18)32-26(30)21-15-23(17-11-13-19(31-2)14-12-17)28-24-20(21)9-6-10-22(24)27/h3-16H,1-2H3/t16-/m0/s1. The summed E-state index contributed by atoms with van der Waals surface area (Å²) in [6.07, 6.45) is -0.947. The normalized spacial score (nSPS) is 11.7. The maximum atomic E-state index is 13.1. The van der Waals surface area contributed by atoms with Crippen molar-refractivity contribution in [2.24, 2.45) is 0 Å². The van der Waals surface area contributed by atoms with Crippen LogP contribution in [0.3, 0.4) is 0 Å². The van der Waals surface area contributed by atoms with Crippen molar-refractivity contribution in [2.45, 2.75) is 13.0 Å². The number of halogens is 1. The van der Waals surface area contributed by atoms with Crippen molar-refractivity contribution in [3.8, 4) is 17.0 Å². The number of aromatic nitrogens is 1. The van der Waals surface area contributed by atoms with E-state index in [0.29, 0.717) is 32.9 Å². The Kier molecular flexibility index (Phi) is 6.19. The highest BCUT2D eigenvalue weighted by Gasteiger charge is 2.23. The second kappa shape index (κ2) is 9.20. The number of carbonyl (C=O) groups excluding carboxylic acids is 2. The summed E-state index contributed by atoms with van der Waals surface area (Å²) in [4.78, 5) is 30.4. The quantitative estimate of drug-likeness (QED) is 0.269. The van der Waals surface area contributed by atoms with Crippen molar-refractivity contribution >= 4 is 34.3 Å². The number of ketones is 1. The molecule has 160 valence electrons. The van der Waals surface area contributed by atoms with Gasteiger partial charge in [-0.1, -0.05) is 54.1 Å². The number of fused-ring (bicyclic) bond motifs is 1. The molecule has 3 aromatic carbocycles. The molecule has 1 aromatic heterocycles. The van der Waals surface area contributed by atoms with Crippen LogP contribution in [0.1, 0.15) is 27.6 Å². The highest BCUT2D eigenvalue weighted by atomic mass is 35.5. The Bertz CT molecular complexity index is 1290. The Morgan fingerprint density at radius 3 is 2.34 bits per heavy atom. The fourth-order valence-electron chi connectivity index (χ4n) is 3.41. The number of para-hydroxylation sites is 1. The molecule has 0 amide bonds. The predicted octanol–water partition coefficient (Wildman–Crippen LogP) is 5.99. The Morgan fingerprint density at radius 2 is 1.66 bits per heavy atom. The molecule has 0 N–H and O–H groups in total. The van der Waals surface area contributed by atoms with Gasteiger partial charge in [0.25, 0.3) is 0 Å². The molecule has 0 aliphatic carbocycles. The number of pyridine rings is 1. The van der Waals surface area contributed by atoms with Crippen LogP contribution in [0.25, 0.3) is 22.2 Å². The SMILES string of the molecule is COc1ccc(-c2cc(C(=O)O[C@@H](C)C(=O)c3ccccc3)c3cccc(Cl)c3n2)cc1. The molecule has 6 heteroatoms. The van der Waals surface area contributed by atoms with Crippen molar-refractivity contribution in [3.05, 3.63) is 95.0 Å². The number of hydrogen-bond acceptors (Lipinski definition) is 5. The van der Waals surface area contributed by atoms with Crippen LogP contribution in [0, 0.1) is 0 Å². The molecule has 0 fully saturated rings. The number of nitrogens with zero attached hydrogens (tertiary/aromatic N) is 1. The van der Waals surface area contributed by atoms with Gasteiger partial charge in [0.1, 0.15) is 5.75 Å². The first-order chi connectivity index (χ1) is 15.5. The van der Waals surface area contributed by atoms with Gasteiger partial charge in [0.2, 0.25) is 5.78 Å². The van der Waals surface area contributed by atoms with Crippen molar-refractivity contribution in [3.63, 3.8) is 0 Å². The topological polar surface area (TPSA) is 65.5 Å². The van der Waals surface area contributed by atoms with Gasteiger partial charge in [0, 0.05) is 16.5 Å². The van der Waals surface area contributed by atoms with Crippen molar-refractivity contribution in [1.29, 1.82) is 0 Å². The minimum atomic E-state index is -0.947. The van der Waals surface area contributed by atoms with Crippen LogP contribution in [0.4, 0.5) is 0 Å². The number of ether oxygens (including phenoxy) is 2. The summed E-state index contributed by atoms with van der Waals surface area (Å²) in [6, 6.07) is 22.9. The van der Waals surface area contributed by atoms with Gasteiger partial charge in [0.05, 0.1) is 28.9 Å². The summed E-state index contributed by atoms with van der Waals surface area (Å²) in [5.74, 6) is -0.183. The smallest absolute Gasteiger partial charge is 0.339 e. The Morgan fingerprint density at radius 1 is 0.938 bits per heavy atom. The van der Waals surface area contributed by atoms with E-state index in [1.165, 1.54) is 0 Å².